The number of rotatable bonds is 6. The molecular formula is C58H50N3O+. The van der Waals surface area contributed by atoms with Crippen LogP contribution in [0.3, 0.4) is 0 Å². The molecule has 4 heterocycles. The van der Waals surface area contributed by atoms with Crippen molar-refractivity contribution in [1.29, 1.82) is 0 Å². The van der Waals surface area contributed by atoms with Crippen molar-refractivity contribution in [2.24, 2.45) is 4.99 Å². The van der Waals surface area contributed by atoms with Gasteiger partial charge in [-0.3, -0.25) is 4.99 Å². The Labute approximate surface area is 363 Å². The largest absolute Gasteiger partial charge is 0.455 e. The van der Waals surface area contributed by atoms with E-state index in [4.69, 9.17) is 16.0 Å². The molecule has 0 aliphatic carbocycles. The minimum atomic E-state index is -0.218. The SMILES string of the molecule is C=CC1=NC2C(=C)[n+]3c(n(-c4c(C(C)C)cc(-c5ccccc5)cc4C(C)C)c4ccccc43)-c3c(ccc4c3oc3cc(-c5ccccc5)ccc34)CCC2c2ccccc21. The first kappa shape index (κ1) is 37.9. The third-order valence-corrected chi connectivity index (χ3v) is 13.4. The van der Waals surface area contributed by atoms with E-state index < -0.39 is 0 Å². The van der Waals surface area contributed by atoms with Crippen molar-refractivity contribution >= 4 is 44.4 Å². The first-order valence-electron chi connectivity index (χ1n) is 22.1. The highest BCUT2D eigenvalue weighted by molar-refractivity contribution is 6.12. The predicted molar refractivity (Wildman–Crippen MR) is 259 cm³/mol. The zero-order chi connectivity index (χ0) is 42.2. The highest BCUT2D eigenvalue weighted by Crippen LogP contribution is 2.47. The number of nitrogens with zero attached hydrogens (tertiary/aromatic N) is 3. The second-order valence-electron chi connectivity index (χ2n) is 17.7. The Bertz CT molecular complexity index is 3260. The summed E-state index contributed by atoms with van der Waals surface area (Å²) in [5, 5.41) is 2.21. The summed E-state index contributed by atoms with van der Waals surface area (Å²) >= 11 is 0. The van der Waals surface area contributed by atoms with Crippen LogP contribution in [0.25, 0.3) is 78.0 Å². The van der Waals surface area contributed by atoms with E-state index in [9.17, 15) is 0 Å². The van der Waals surface area contributed by atoms with Crippen LogP contribution in [0.15, 0.2) is 180 Å². The Morgan fingerprint density at radius 3 is 2.05 bits per heavy atom. The summed E-state index contributed by atoms with van der Waals surface area (Å²) in [6.07, 6.45) is 3.65. The Hall–Kier alpha value is -7.04. The number of aliphatic imine (C=N–C) groups is 1. The molecule has 7 aromatic carbocycles. The summed E-state index contributed by atoms with van der Waals surface area (Å²) in [5.74, 6) is 1.61. The van der Waals surface area contributed by atoms with Crippen LogP contribution in [0.5, 0.6) is 0 Å². The molecule has 4 heteroatoms. The maximum atomic E-state index is 7.27. The number of para-hydroxylation sites is 2. The molecule has 2 unspecified atom stereocenters. The van der Waals surface area contributed by atoms with Gasteiger partial charge in [-0.05, 0) is 101 Å². The molecule has 0 N–H and O–H groups in total. The fourth-order valence-corrected chi connectivity index (χ4v) is 10.4. The van der Waals surface area contributed by atoms with E-state index in [1.54, 1.807) is 0 Å². The lowest BCUT2D eigenvalue weighted by molar-refractivity contribution is -0.543. The van der Waals surface area contributed by atoms with Gasteiger partial charge < -0.3 is 4.42 Å². The number of furan rings is 1. The Morgan fingerprint density at radius 1 is 0.694 bits per heavy atom. The molecule has 11 rings (SSSR count). The van der Waals surface area contributed by atoms with Gasteiger partial charge in [-0.25, -0.2) is 0 Å². The maximum absolute atomic E-state index is 7.27. The smallest absolute Gasteiger partial charge is 0.304 e. The zero-order valence-electron chi connectivity index (χ0n) is 35.9. The summed E-state index contributed by atoms with van der Waals surface area (Å²) in [4.78, 5) is 5.56. The van der Waals surface area contributed by atoms with Crippen molar-refractivity contribution in [2.75, 3.05) is 0 Å². The molecule has 0 fully saturated rings. The van der Waals surface area contributed by atoms with Gasteiger partial charge in [-0.2, -0.15) is 9.13 Å². The molecule has 302 valence electrons. The predicted octanol–water partition coefficient (Wildman–Crippen LogP) is 14.6. The Balaban J connectivity index is 1.29. The average molecular weight is 805 g/mol. The van der Waals surface area contributed by atoms with Crippen molar-refractivity contribution in [2.45, 2.75) is 64.3 Å². The molecule has 4 nitrogen and oxygen atoms in total. The highest BCUT2D eigenvalue weighted by Gasteiger charge is 2.42. The second-order valence-corrected chi connectivity index (χ2v) is 17.7. The summed E-state index contributed by atoms with van der Waals surface area (Å²) < 4.78 is 12.3. The van der Waals surface area contributed by atoms with E-state index in [-0.39, 0.29) is 23.8 Å². The molecule has 2 aromatic heterocycles. The van der Waals surface area contributed by atoms with Crippen LogP contribution in [0.1, 0.15) is 79.7 Å². The molecule has 0 spiro atoms. The molecule has 0 radical (unpaired) electrons. The van der Waals surface area contributed by atoms with Crippen LogP contribution in [-0.4, -0.2) is 16.3 Å². The third kappa shape index (κ3) is 5.88. The van der Waals surface area contributed by atoms with E-state index in [0.717, 1.165) is 79.7 Å². The highest BCUT2D eigenvalue weighted by atomic mass is 16.3. The van der Waals surface area contributed by atoms with E-state index in [1.165, 1.54) is 44.6 Å². The average Bonchev–Trinajstić information content (AvgIpc) is 3.86. The van der Waals surface area contributed by atoms with Gasteiger partial charge in [0, 0.05) is 33.4 Å². The van der Waals surface area contributed by atoms with Crippen molar-refractivity contribution < 1.29 is 8.98 Å². The van der Waals surface area contributed by atoms with Crippen LogP contribution in [0.2, 0.25) is 0 Å². The zero-order valence-corrected chi connectivity index (χ0v) is 35.9. The standard InChI is InChI=1S/C58H50N3O/c1-7-50-44-23-15-14-22-43(44)46-30-26-40-27-31-47-45-29-28-41(38-18-10-8-11-19-38)34-53(45)62-57(47)54(40)58-60(37(6)55(46)59-50)51-24-16-17-25-52(51)61(58)56-48(35(2)3)32-42(33-49(56)36(4)5)39-20-12-9-13-21-39/h7-25,27-29,31-36,46,55H,1,6,26,30H2,2-5H3/q+1. The molecule has 0 saturated carbocycles. The van der Waals surface area contributed by atoms with Gasteiger partial charge in [0.25, 0.3) is 0 Å². The quantitative estimate of drug-likeness (QED) is 0.154. The fourth-order valence-electron chi connectivity index (χ4n) is 10.4. The number of aryl methyl sites for hydroxylation is 1. The first-order valence-corrected chi connectivity index (χ1v) is 22.1. The number of imidazole rings is 1. The van der Waals surface area contributed by atoms with Crippen LogP contribution < -0.4 is 4.57 Å². The molecule has 2 aliphatic rings. The van der Waals surface area contributed by atoms with Crippen LogP contribution in [0, 0.1) is 0 Å². The van der Waals surface area contributed by atoms with Gasteiger partial charge in [0.1, 0.15) is 28.6 Å². The molecule has 0 amide bonds. The summed E-state index contributed by atoms with van der Waals surface area (Å²) in [6.45, 7) is 18.6. The Morgan fingerprint density at radius 2 is 1.34 bits per heavy atom. The van der Waals surface area contributed by atoms with E-state index in [0.29, 0.717) is 0 Å². The molecule has 0 bridgehead atoms. The van der Waals surface area contributed by atoms with Gasteiger partial charge in [0.05, 0.1) is 5.71 Å². The van der Waals surface area contributed by atoms with Crippen LogP contribution in [-0.2, 0) is 6.42 Å². The second kappa shape index (κ2) is 14.8. The maximum Gasteiger partial charge on any atom is 0.304 e. The van der Waals surface area contributed by atoms with Crippen LogP contribution in [0.4, 0.5) is 0 Å². The molecule has 0 saturated heterocycles. The molecule has 2 aliphatic heterocycles. The number of hydrogen-bond donors (Lipinski definition) is 0. The van der Waals surface area contributed by atoms with E-state index >= 15 is 0 Å². The normalized spacial score (nSPS) is 16.1. The molecule has 2 atom stereocenters. The van der Waals surface area contributed by atoms with E-state index in [2.05, 4.69) is 195 Å². The van der Waals surface area contributed by atoms with E-state index in [1.807, 2.05) is 6.08 Å². The lowest BCUT2D eigenvalue weighted by atomic mass is 9.79. The number of aromatic nitrogens is 2. The van der Waals surface area contributed by atoms with Crippen molar-refractivity contribution in [3.8, 4) is 39.3 Å². The van der Waals surface area contributed by atoms with Gasteiger partial charge >= 0.3 is 5.82 Å². The molecule has 9 aromatic rings. The minimum absolute atomic E-state index is 0.109. The topological polar surface area (TPSA) is 34.3 Å². The number of hydrogen-bond acceptors (Lipinski definition) is 2. The third-order valence-electron chi connectivity index (χ3n) is 13.4. The lowest BCUT2D eigenvalue weighted by Crippen LogP contribution is -2.42. The van der Waals surface area contributed by atoms with Crippen molar-refractivity contribution in [3.05, 3.63) is 199 Å². The van der Waals surface area contributed by atoms with Gasteiger partial charge in [-0.1, -0.05) is 156 Å². The van der Waals surface area contributed by atoms with Crippen LogP contribution >= 0.6 is 0 Å². The van der Waals surface area contributed by atoms with Gasteiger partial charge in [0.15, 0.2) is 16.6 Å². The number of benzene rings is 7. The molecular weight excluding hydrogens is 755 g/mol. The van der Waals surface area contributed by atoms with Gasteiger partial charge in [-0.15, -0.1) is 0 Å². The monoisotopic (exact) mass is 804 g/mol. The lowest BCUT2D eigenvalue weighted by Gasteiger charge is -2.31. The summed E-state index contributed by atoms with van der Waals surface area (Å²) in [7, 11) is 0. The molecule has 62 heavy (non-hydrogen) atoms. The van der Waals surface area contributed by atoms with Crippen molar-refractivity contribution in [1.82, 2.24) is 4.57 Å². The van der Waals surface area contributed by atoms with Crippen molar-refractivity contribution in [3.63, 3.8) is 0 Å². The fraction of sp³-hybridized carbons (Fsp3) is 0.172. The number of allylic oxidation sites excluding steroid dienone is 1. The first-order chi connectivity index (χ1) is 30.3. The number of fused-ring (bicyclic) bond motifs is 12. The Kier molecular flexibility index (Phi) is 9.08. The minimum Gasteiger partial charge on any atom is -0.455 e. The summed E-state index contributed by atoms with van der Waals surface area (Å²) in [6, 6.07) is 55.0. The van der Waals surface area contributed by atoms with Gasteiger partial charge in [0.2, 0.25) is 0 Å². The summed E-state index contributed by atoms with van der Waals surface area (Å²) in [5.41, 5.74) is 19.2.